The molecular weight excluding hydrogens is 208 g/mol. The van der Waals surface area contributed by atoms with Gasteiger partial charge in [-0.2, -0.15) is 0 Å². The molecule has 0 amide bonds. The average molecular weight is 232 g/mol. The van der Waals surface area contributed by atoms with Crippen LogP contribution in [0.4, 0.5) is 0 Å². The summed E-state index contributed by atoms with van der Waals surface area (Å²) in [6.45, 7) is 5.00. The van der Waals surface area contributed by atoms with Crippen LogP contribution in [0.5, 0.6) is 0 Å². The van der Waals surface area contributed by atoms with Crippen LogP contribution < -0.4 is 11.1 Å². The molecule has 2 heteroatoms. The van der Waals surface area contributed by atoms with Gasteiger partial charge in [0.15, 0.2) is 0 Å². The first-order valence-corrected chi connectivity index (χ1v) is 6.74. The fraction of sp³-hybridized carbons (Fsp3) is 0.600. The third-order valence-electron chi connectivity index (χ3n) is 3.83. The van der Waals surface area contributed by atoms with Gasteiger partial charge in [0, 0.05) is 18.6 Å². The predicted molar refractivity (Wildman–Crippen MR) is 73.1 cm³/mol. The van der Waals surface area contributed by atoms with Gasteiger partial charge in [-0.3, -0.25) is 0 Å². The monoisotopic (exact) mass is 232 g/mol. The van der Waals surface area contributed by atoms with Gasteiger partial charge in [0.2, 0.25) is 0 Å². The summed E-state index contributed by atoms with van der Waals surface area (Å²) >= 11 is 0. The first-order chi connectivity index (χ1) is 8.20. The van der Waals surface area contributed by atoms with Crippen molar-refractivity contribution in [2.24, 2.45) is 5.73 Å². The van der Waals surface area contributed by atoms with Gasteiger partial charge in [0.25, 0.3) is 0 Å². The van der Waals surface area contributed by atoms with E-state index in [1.54, 1.807) is 0 Å². The SMILES string of the molecule is Cc1ccc(C(CN)NC2CCCC2)c(C)c1. The van der Waals surface area contributed by atoms with E-state index in [2.05, 4.69) is 37.4 Å². The zero-order chi connectivity index (χ0) is 12.3. The summed E-state index contributed by atoms with van der Waals surface area (Å²) in [5.74, 6) is 0. The van der Waals surface area contributed by atoms with Crippen LogP contribution in [0.1, 0.15) is 48.4 Å². The van der Waals surface area contributed by atoms with Crippen molar-refractivity contribution in [2.75, 3.05) is 6.54 Å². The Hall–Kier alpha value is -0.860. The van der Waals surface area contributed by atoms with Crippen molar-refractivity contribution < 1.29 is 0 Å². The molecule has 1 saturated carbocycles. The standard InChI is InChI=1S/C15H24N2/c1-11-7-8-14(12(2)9-11)15(10-16)17-13-5-3-4-6-13/h7-9,13,15,17H,3-6,10,16H2,1-2H3. The van der Waals surface area contributed by atoms with Crippen molar-refractivity contribution in [3.63, 3.8) is 0 Å². The highest BCUT2D eigenvalue weighted by Gasteiger charge is 2.20. The fourth-order valence-corrected chi connectivity index (χ4v) is 2.88. The molecule has 1 fully saturated rings. The smallest absolute Gasteiger partial charge is 0.0449 e. The van der Waals surface area contributed by atoms with E-state index in [-0.39, 0.29) is 0 Å². The molecule has 1 aromatic carbocycles. The Morgan fingerprint density at radius 1 is 1.29 bits per heavy atom. The third kappa shape index (κ3) is 3.08. The molecule has 2 nitrogen and oxygen atoms in total. The van der Waals surface area contributed by atoms with Gasteiger partial charge in [0.1, 0.15) is 0 Å². The Kier molecular flexibility index (Phi) is 4.19. The van der Waals surface area contributed by atoms with Gasteiger partial charge in [-0.1, -0.05) is 36.6 Å². The van der Waals surface area contributed by atoms with Gasteiger partial charge in [-0.25, -0.2) is 0 Å². The number of rotatable bonds is 4. The second kappa shape index (κ2) is 5.65. The van der Waals surface area contributed by atoms with Crippen molar-refractivity contribution >= 4 is 0 Å². The molecule has 0 bridgehead atoms. The number of hydrogen-bond donors (Lipinski definition) is 2. The zero-order valence-corrected chi connectivity index (χ0v) is 11.0. The quantitative estimate of drug-likeness (QED) is 0.837. The lowest BCUT2D eigenvalue weighted by Crippen LogP contribution is -2.35. The number of aryl methyl sites for hydroxylation is 2. The largest absolute Gasteiger partial charge is 0.329 e. The summed E-state index contributed by atoms with van der Waals surface area (Å²) < 4.78 is 0. The van der Waals surface area contributed by atoms with E-state index < -0.39 is 0 Å². The first kappa shape index (κ1) is 12.6. The molecule has 3 N–H and O–H groups in total. The molecule has 1 atom stereocenters. The van der Waals surface area contributed by atoms with Crippen LogP contribution in [-0.4, -0.2) is 12.6 Å². The topological polar surface area (TPSA) is 38.0 Å². The Morgan fingerprint density at radius 2 is 2.00 bits per heavy atom. The number of hydrogen-bond acceptors (Lipinski definition) is 2. The summed E-state index contributed by atoms with van der Waals surface area (Å²) in [5.41, 5.74) is 9.97. The molecule has 2 rings (SSSR count). The summed E-state index contributed by atoms with van der Waals surface area (Å²) in [6, 6.07) is 7.64. The summed E-state index contributed by atoms with van der Waals surface area (Å²) in [4.78, 5) is 0. The lowest BCUT2D eigenvalue weighted by Gasteiger charge is -2.23. The highest BCUT2D eigenvalue weighted by Crippen LogP contribution is 2.23. The van der Waals surface area contributed by atoms with E-state index in [9.17, 15) is 0 Å². The summed E-state index contributed by atoms with van der Waals surface area (Å²) in [5, 5.41) is 3.72. The van der Waals surface area contributed by atoms with E-state index in [0.717, 1.165) is 0 Å². The maximum Gasteiger partial charge on any atom is 0.0449 e. The molecule has 94 valence electrons. The minimum Gasteiger partial charge on any atom is -0.329 e. The van der Waals surface area contributed by atoms with E-state index in [4.69, 9.17) is 5.73 Å². The molecular formula is C15H24N2. The van der Waals surface area contributed by atoms with Crippen molar-refractivity contribution in [1.82, 2.24) is 5.32 Å². The second-order valence-corrected chi connectivity index (χ2v) is 5.30. The van der Waals surface area contributed by atoms with Gasteiger partial charge in [-0.15, -0.1) is 0 Å². The van der Waals surface area contributed by atoms with Gasteiger partial charge < -0.3 is 11.1 Å². The molecule has 1 aromatic rings. The Bertz CT molecular complexity index is 367. The number of benzene rings is 1. The van der Waals surface area contributed by atoms with Crippen LogP contribution in [0.15, 0.2) is 18.2 Å². The van der Waals surface area contributed by atoms with Crippen molar-refractivity contribution in [3.8, 4) is 0 Å². The lowest BCUT2D eigenvalue weighted by molar-refractivity contribution is 0.443. The van der Waals surface area contributed by atoms with Gasteiger partial charge in [-0.05, 0) is 37.8 Å². The molecule has 0 radical (unpaired) electrons. The molecule has 0 heterocycles. The number of nitrogens with one attached hydrogen (secondary N) is 1. The average Bonchev–Trinajstić information content (AvgIpc) is 2.79. The summed E-state index contributed by atoms with van der Waals surface area (Å²) in [6.07, 6.45) is 5.34. The molecule has 0 spiro atoms. The van der Waals surface area contributed by atoms with Gasteiger partial charge in [0.05, 0.1) is 0 Å². The second-order valence-electron chi connectivity index (χ2n) is 5.30. The van der Waals surface area contributed by atoms with E-state index in [0.29, 0.717) is 18.6 Å². The summed E-state index contributed by atoms with van der Waals surface area (Å²) in [7, 11) is 0. The maximum absolute atomic E-state index is 5.93. The van der Waals surface area contributed by atoms with Crippen LogP contribution in [-0.2, 0) is 0 Å². The Balaban J connectivity index is 2.10. The highest BCUT2D eigenvalue weighted by atomic mass is 15.0. The number of nitrogens with two attached hydrogens (primary N) is 1. The van der Waals surface area contributed by atoms with Crippen LogP contribution in [0.25, 0.3) is 0 Å². The molecule has 0 saturated heterocycles. The minimum atomic E-state index is 0.318. The Morgan fingerprint density at radius 3 is 2.59 bits per heavy atom. The van der Waals surface area contributed by atoms with Crippen LogP contribution >= 0.6 is 0 Å². The molecule has 1 aliphatic rings. The zero-order valence-electron chi connectivity index (χ0n) is 11.0. The van der Waals surface area contributed by atoms with Crippen LogP contribution in [0.3, 0.4) is 0 Å². The van der Waals surface area contributed by atoms with E-state index in [1.165, 1.54) is 42.4 Å². The van der Waals surface area contributed by atoms with Crippen LogP contribution in [0.2, 0.25) is 0 Å². The maximum atomic E-state index is 5.93. The lowest BCUT2D eigenvalue weighted by atomic mass is 9.98. The predicted octanol–water partition coefficient (Wildman–Crippen LogP) is 2.84. The molecule has 1 unspecified atom stereocenters. The van der Waals surface area contributed by atoms with Crippen molar-refractivity contribution in [1.29, 1.82) is 0 Å². The molecule has 0 aromatic heterocycles. The van der Waals surface area contributed by atoms with Crippen molar-refractivity contribution in [2.45, 2.75) is 51.6 Å². The normalized spacial score (nSPS) is 18.5. The fourth-order valence-electron chi connectivity index (χ4n) is 2.88. The molecule has 17 heavy (non-hydrogen) atoms. The van der Waals surface area contributed by atoms with E-state index in [1.807, 2.05) is 0 Å². The molecule has 1 aliphatic carbocycles. The first-order valence-electron chi connectivity index (χ1n) is 6.74. The highest BCUT2D eigenvalue weighted by molar-refractivity contribution is 5.33. The van der Waals surface area contributed by atoms with E-state index >= 15 is 0 Å². The van der Waals surface area contributed by atoms with Crippen molar-refractivity contribution in [3.05, 3.63) is 34.9 Å². The van der Waals surface area contributed by atoms with Crippen LogP contribution in [0, 0.1) is 13.8 Å². The Labute approximate surface area is 105 Å². The third-order valence-corrected chi connectivity index (χ3v) is 3.83. The minimum absolute atomic E-state index is 0.318. The van der Waals surface area contributed by atoms with Gasteiger partial charge >= 0.3 is 0 Å². The molecule has 0 aliphatic heterocycles.